The van der Waals surface area contributed by atoms with Crippen LogP contribution in [0.15, 0.2) is 17.1 Å². The van der Waals surface area contributed by atoms with Gasteiger partial charge in [-0.05, 0) is 13.0 Å². The molecule has 0 spiro atoms. The Hall–Kier alpha value is -2.26. The average molecular weight is 283 g/mol. The van der Waals surface area contributed by atoms with Gasteiger partial charge in [0.1, 0.15) is 5.82 Å². The smallest absolute Gasteiger partial charge is 0.412 e. The molecular weight excluding hydrogens is 270 g/mol. The Balaban J connectivity index is 2.08. The van der Waals surface area contributed by atoms with Crippen LogP contribution in [0.3, 0.4) is 0 Å². The maximum Gasteiger partial charge on any atom is 0.412 e. The first-order valence-corrected chi connectivity index (χ1v) is 5.89. The van der Waals surface area contributed by atoms with Gasteiger partial charge in [-0.1, -0.05) is 0 Å². The predicted molar refractivity (Wildman–Crippen MR) is 65.1 cm³/mol. The molecule has 1 N–H and O–H groups in total. The van der Waals surface area contributed by atoms with Crippen LogP contribution in [0.2, 0.25) is 0 Å². The van der Waals surface area contributed by atoms with Gasteiger partial charge in [0.05, 0.1) is 13.2 Å². The summed E-state index contributed by atoms with van der Waals surface area (Å²) in [6.45, 7) is 1.94. The van der Waals surface area contributed by atoms with Gasteiger partial charge in [-0.3, -0.25) is 14.7 Å². The number of hydrogen-bond acceptors (Lipinski definition) is 7. The zero-order chi connectivity index (χ0) is 14.5. The van der Waals surface area contributed by atoms with Crippen LogP contribution in [0.1, 0.15) is 13.2 Å². The highest BCUT2D eigenvalue weighted by Gasteiger charge is 2.27. The van der Waals surface area contributed by atoms with Crippen molar-refractivity contribution in [2.75, 3.05) is 18.5 Å². The fraction of sp³-hybridized carbons (Fsp3) is 0.455. The zero-order valence-corrected chi connectivity index (χ0v) is 10.6. The maximum atomic E-state index is 11.8. The molecule has 9 heteroatoms. The topological polar surface area (TPSA) is 109 Å². The van der Waals surface area contributed by atoms with E-state index in [0.717, 1.165) is 0 Å². The molecule has 9 nitrogen and oxygen atoms in total. The van der Waals surface area contributed by atoms with Crippen molar-refractivity contribution in [3.05, 3.63) is 22.7 Å². The molecule has 1 aromatic heterocycles. The highest BCUT2D eigenvalue weighted by atomic mass is 16.7. The Morgan fingerprint density at radius 3 is 3.10 bits per heavy atom. The molecule has 0 saturated carbocycles. The molecule has 2 rings (SSSR count). The fourth-order valence-electron chi connectivity index (χ4n) is 1.60. The molecule has 1 aliphatic rings. The number of rotatable bonds is 4. The van der Waals surface area contributed by atoms with Crippen molar-refractivity contribution in [2.24, 2.45) is 0 Å². The van der Waals surface area contributed by atoms with E-state index in [-0.39, 0.29) is 19.0 Å². The number of nitrogens with zero attached hydrogens (tertiary/aromatic N) is 2. The van der Waals surface area contributed by atoms with Crippen LogP contribution in [-0.4, -0.2) is 41.4 Å². The molecule has 0 aliphatic carbocycles. The van der Waals surface area contributed by atoms with Gasteiger partial charge >= 0.3 is 11.8 Å². The Kier molecular flexibility index (Phi) is 4.43. The highest BCUT2D eigenvalue weighted by Crippen LogP contribution is 2.18. The first-order chi connectivity index (χ1) is 9.63. The monoisotopic (exact) mass is 283 g/mol. The van der Waals surface area contributed by atoms with Crippen molar-refractivity contribution in [1.82, 2.24) is 9.55 Å². The number of nitrogens with one attached hydrogen (secondary N) is 1. The molecule has 1 amide bonds. The molecular formula is C11H13N3O6. The first kappa shape index (κ1) is 14.2. The SMILES string of the molecule is CCOC(=O)Nc1ccn([C@@H]2CO[C@H](C=O)O2)c(=O)n1. The molecule has 1 aliphatic heterocycles. The summed E-state index contributed by atoms with van der Waals surface area (Å²) in [5.41, 5.74) is -0.639. The summed E-state index contributed by atoms with van der Waals surface area (Å²) in [5, 5.41) is 2.31. The van der Waals surface area contributed by atoms with E-state index in [0.29, 0.717) is 6.29 Å². The largest absolute Gasteiger partial charge is 0.450 e. The second kappa shape index (κ2) is 6.26. The third-order valence-corrected chi connectivity index (χ3v) is 2.45. The maximum absolute atomic E-state index is 11.8. The predicted octanol–water partition coefficient (Wildman–Crippen LogP) is -0.118. The van der Waals surface area contributed by atoms with E-state index in [2.05, 4.69) is 15.0 Å². The van der Waals surface area contributed by atoms with Crippen molar-refractivity contribution < 1.29 is 23.8 Å². The molecule has 108 valence electrons. The van der Waals surface area contributed by atoms with Crippen molar-refractivity contribution in [3.63, 3.8) is 0 Å². The molecule has 0 radical (unpaired) electrons. The van der Waals surface area contributed by atoms with Crippen molar-refractivity contribution in [3.8, 4) is 0 Å². The highest BCUT2D eigenvalue weighted by molar-refractivity contribution is 5.83. The number of anilines is 1. The Morgan fingerprint density at radius 1 is 1.70 bits per heavy atom. The van der Waals surface area contributed by atoms with E-state index >= 15 is 0 Å². The number of aldehydes is 1. The molecule has 0 aromatic carbocycles. The van der Waals surface area contributed by atoms with Crippen LogP contribution in [0.4, 0.5) is 10.6 Å². The lowest BCUT2D eigenvalue weighted by Crippen LogP contribution is -2.29. The lowest BCUT2D eigenvalue weighted by molar-refractivity contribution is -0.135. The van der Waals surface area contributed by atoms with Gasteiger partial charge in [-0.15, -0.1) is 0 Å². The molecule has 1 fully saturated rings. The van der Waals surface area contributed by atoms with Crippen molar-refractivity contribution in [2.45, 2.75) is 19.4 Å². The minimum absolute atomic E-state index is 0.0651. The van der Waals surface area contributed by atoms with Gasteiger partial charge in [0.25, 0.3) is 0 Å². The minimum Gasteiger partial charge on any atom is -0.450 e. The summed E-state index contributed by atoms with van der Waals surface area (Å²) in [4.78, 5) is 37.1. The lowest BCUT2D eigenvalue weighted by Gasteiger charge is -2.12. The van der Waals surface area contributed by atoms with E-state index in [1.807, 2.05) is 0 Å². The van der Waals surface area contributed by atoms with Gasteiger partial charge < -0.3 is 14.2 Å². The van der Waals surface area contributed by atoms with Crippen molar-refractivity contribution in [1.29, 1.82) is 0 Å². The van der Waals surface area contributed by atoms with Crippen LogP contribution >= 0.6 is 0 Å². The average Bonchev–Trinajstić information content (AvgIpc) is 2.87. The summed E-state index contributed by atoms with van der Waals surface area (Å²) in [5.74, 6) is 0.0653. The number of ether oxygens (including phenoxy) is 3. The lowest BCUT2D eigenvalue weighted by atomic mass is 10.5. The Labute approximate surface area is 113 Å². The van der Waals surface area contributed by atoms with Gasteiger partial charge in [0.2, 0.25) is 6.29 Å². The van der Waals surface area contributed by atoms with Crippen molar-refractivity contribution >= 4 is 18.2 Å². The second-order valence-corrected chi connectivity index (χ2v) is 3.78. The molecule has 2 heterocycles. The molecule has 0 unspecified atom stereocenters. The molecule has 0 bridgehead atoms. The number of amides is 1. The zero-order valence-electron chi connectivity index (χ0n) is 10.6. The van der Waals surface area contributed by atoms with Crippen LogP contribution in [0, 0.1) is 0 Å². The number of aromatic nitrogens is 2. The van der Waals surface area contributed by atoms with Crippen LogP contribution < -0.4 is 11.0 Å². The van der Waals surface area contributed by atoms with Gasteiger partial charge in [-0.25, -0.2) is 9.59 Å². The number of hydrogen-bond donors (Lipinski definition) is 1. The van der Waals surface area contributed by atoms with E-state index in [1.54, 1.807) is 6.92 Å². The summed E-state index contributed by atoms with van der Waals surface area (Å²) in [7, 11) is 0. The molecule has 20 heavy (non-hydrogen) atoms. The van der Waals surface area contributed by atoms with E-state index in [4.69, 9.17) is 9.47 Å². The molecule has 2 atom stereocenters. The van der Waals surface area contributed by atoms with Crippen LogP contribution in [-0.2, 0) is 19.0 Å². The second-order valence-electron chi connectivity index (χ2n) is 3.78. The van der Waals surface area contributed by atoms with Gasteiger partial charge in [0.15, 0.2) is 12.5 Å². The molecule has 1 saturated heterocycles. The Morgan fingerprint density at radius 2 is 2.50 bits per heavy atom. The first-order valence-electron chi connectivity index (χ1n) is 5.89. The van der Waals surface area contributed by atoms with Crippen LogP contribution in [0.25, 0.3) is 0 Å². The van der Waals surface area contributed by atoms with E-state index < -0.39 is 24.3 Å². The normalized spacial score (nSPS) is 21.4. The van der Waals surface area contributed by atoms with E-state index in [1.165, 1.54) is 16.8 Å². The van der Waals surface area contributed by atoms with Gasteiger partial charge in [-0.2, -0.15) is 4.98 Å². The van der Waals surface area contributed by atoms with Crippen LogP contribution in [0.5, 0.6) is 0 Å². The fourth-order valence-corrected chi connectivity index (χ4v) is 1.60. The van der Waals surface area contributed by atoms with E-state index in [9.17, 15) is 14.4 Å². The summed E-state index contributed by atoms with van der Waals surface area (Å²) in [6.07, 6.45) is -0.516. The summed E-state index contributed by atoms with van der Waals surface area (Å²) >= 11 is 0. The standard InChI is InChI=1S/C11H13N3O6/c1-2-18-11(17)13-7-3-4-14(10(16)12-7)8-6-19-9(5-15)20-8/h3-5,8-9H,2,6H2,1H3,(H,12,13,16,17)/t8-,9-/m0/s1. The molecule has 1 aromatic rings. The number of carbonyl (C=O) groups excluding carboxylic acids is 2. The quantitative estimate of drug-likeness (QED) is 0.767. The minimum atomic E-state index is -0.982. The third-order valence-electron chi connectivity index (χ3n) is 2.45. The third kappa shape index (κ3) is 3.19. The van der Waals surface area contributed by atoms with Gasteiger partial charge in [0, 0.05) is 6.20 Å². The summed E-state index contributed by atoms with van der Waals surface area (Å²) in [6, 6.07) is 1.41. The number of carbonyl (C=O) groups is 2. The summed E-state index contributed by atoms with van der Waals surface area (Å²) < 4.78 is 16.0. The Bertz CT molecular complexity index is 557.